The Morgan fingerprint density at radius 2 is 1.68 bits per heavy atom. The highest BCUT2D eigenvalue weighted by Crippen LogP contribution is 2.17. The molecule has 162 valence electrons. The van der Waals surface area contributed by atoms with Gasteiger partial charge in [0.1, 0.15) is 11.3 Å². The number of carbonyl (C=O) groups is 2. The second-order valence-electron chi connectivity index (χ2n) is 8.28. The van der Waals surface area contributed by atoms with E-state index in [0.717, 1.165) is 11.1 Å². The molecule has 0 saturated heterocycles. The van der Waals surface area contributed by atoms with Gasteiger partial charge in [0.15, 0.2) is 0 Å². The summed E-state index contributed by atoms with van der Waals surface area (Å²) >= 11 is 0. The second kappa shape index (κ2) is 9.38. The quantitative estimate of drug-likeness (QED) is 0.551. The lowest BCUT2D eigenvalue weighted by molar-refractivity contribution is 0.0523. The molecule has 2 amide bonds. The van der Waals surface area contributed by atoms with Crippen molar-refractivity contribution in [1.82, 2.24) is 9.88 Å². The molecule has 0 unspecified atom stereocenters. The van der Waals surface area contributed by atoms with Gasteiger partial charge in [0, 0.05) is 25.0 Å². The SMILES string of the molecule is CC(C)(C)OC(=O)NCc1ccc(NC(=O)c2cc(N)cn2Cc2ccccc2)cc1. The molecule has 0 aliphatic heterocycles. The first-order chi connectivity index (χ1) is 14.7. The van der Waals surface area contributed by atoms with E-state index in [4.69, 9.17) is 10.5 Å². The van der Waals surface area contributed by atoms with Gasteiger partial charge >= 0.3 is 6.09 Å². The number of nitrogens with one attached hydrogen (secondary N) is 2. The summed E-state index contributed by atoms with van der Waals surface area (Å²) in [5.41, 5.74) is 9.03. The van der Waals surface area contributed by atoms with Gasteiger partial charge in [-0.25, -0.2) is 4.79 Å². The highest BCUT2D eigenvalue weighted by atomic mass is 16.6. The van der Waals surface area contributed by atoms with E-state index in [2.05, 4.69) is 10.6 Å². The third kappa shape index (κ3) is 6.64. The number of rotatable bonds is 6. The zero-order valence-corrected chi connectivity index (χ0v) is 18.0. The number of ether oxygens (including phenoxy) is 1. The summed E-state index contributed by atoms with van der Waals surface area (Å²) in [6, 6.07) is 18.8. The van der Waals surface area contributed by atoms with Crippen LogP contribution >= 0.6 is 0 Å². The van der Waals surface area contributed by atoms with Gasteiger partial charge in [0.05, 0.1) is 5.69 Å². The number of nitrogens with two attached hydrogens (primary N) is 1. The number of benzene rings is 2. The predicted molar refractivity (Wildman–Crippen MR) is 122 cm³/mol. The molecule has 0 saturated carbocycles. The van der Waals surface area contributed by atoms with E-state index >= 15 is 0 Å². The van der Waals surface area contributed by atoms with Crippen LogP contribution in [0.1, 0.15) is 42.4 Å². The van der Waals surface area contributed by atoms with Crippen molar-refractivity contribution in [3.05, 3.63) is 83.7 Å². The molecule has 1 aromatic heterocycles. The number of alkyl carbamates (subject to hydrolysis) is 1. The van der Waals surface area contributed by atoms with E-state index < -0.39 is 11.7 Å². The molecular formula is C24H28N4O3. The Morgan fingerprint density at radius 3 is 2.32 bits per heavy atom. The summed E-state index contributed by atoms with van der Waals surface area (Å²) in [4.78, 5) is 24.6. The lowest BCUT2D eigenvalue weighted by Gasteiger charge is -2.19. The number of carbonyl (C=O) groups excluding carboxylic acids is 2. The topological polar surface area (TPSA) is 98.4 Å². The largest absolute Gasteiger partial charge is 0.444 e. The minimum absolute atomic E-state index is 0.243. The Bertz CT molecular complexity index is 1030. The highest BCUT2D eigenvalue weighted by Gasteiger charge is 2.16. The second-order valence-corrected chi connectivity index (χ2v) is 8.28. The summed E-state index contributed by atoms with van der Waals surface area (Å²) < 4.78 is 7.05. The van der Waals surface area contributed by atoms with Crippen molar-refractivity contribution in [3.63, 3.8) is 0 Å². The third-order valence-corrected chi connectivity index (χ3v) is 4.39. The number of nitrogen functional groups attached to an aromatic ring is 1. The summed E-state index contributed by atoms with van der Waals surface area (Å²) in [6.45, 7) is 6.32. The monoisotopic (exact) mass is 420 g/mol. The number of nitrogens with zero attached hydrogens (tertiary/aromatic N) is 1. The van der Waals surface area contributed by atoms with E-state index in [1.807, 2.05) is 67.8 Å². The first-order valence-electron chi connectivity index (χ1n) is 10.1. The number of aromatic nitrogens is 1. The molecule has 3 aromatic rings. The van der Waals surface area contributed by atoms with Gasteiger partial charge < -0.3 is 25.7 Å². The fourth-order valence-electron chi connectivity index (χ4n) is 3.02. The third-order valence-electron chi connectivity index (χ3n) is 4.39. The van der Waals surface area contributed by atoms with Gasteiger partial charge in [0.25, 0.3) is 5.91 Å². The Labute approximate surface area is 182 Å². The van der Waals surface area contributed by atoms with E-state index in [1.165, 1.54) is 0 Å². The molecule has 31 heavy (non-hydrogen) atoms. The molecular weight excluding hydrogens is 392 g/mol. The predicted octanol–water partition coefficient (Wildman–Crippen LogP) is 4.40. The number of hydrogen-bond acceptors (Lipinski definition) is 4. The van der Waals surface area contributed by atoms with Gasteiger partial charge in [0.2, 0.25) is 0 Å². The normalized spacial score (nSPS) is 11.1. The maximum Gasteiger partial charge on any atom is 0.407 e. The standard InChI is InChI=1S/C24H28N4O3/c1-24(2,3)31-23(30)26-14-17-9-11-20(12-10-17)27-22(29)21-13-19(25)16-28(21)15-18-7-5-4-6-8-18/h4-13,16H,14-15,25H2,1-3H3,(H,26,30)(H,27,29). The summed E-state index contributed by atoms with van der Waals surface area (Å²) in [5.74, 6) is -0.243. The molecule has 0 aliphatic carbocycles. The minimum Gasteiger partial charge on any atom is -0.444 e. The molecule has 0 spiro atoms. The smallest absolute Gasteiger partial charge is 0.407 e. The van der Waals surface area contributed by atoms with Crippen molar-refractivity contribution in [3.8, 4) is 0 Å². The molecule has 7 heteroatoms. The van der Waals surface area contributed by atoms with E-state index in [-0.39, 0.29) is 5.91 Å². The molecule has 1 heterocycles. The minimum atomic E-state index is -0.542. The first kappa shape index (κ1) is 22.0. The Hall–Kier alpha value is -3.74. The van der Waals surface area contributed by atoms with Crippen LogP contribution in [0.15, 0.2) is 66.9 Å². The van der Waals surface area contributed by atoms with Crippen LogP contribution in [-0.2, 0) is 17.8 Å². The molecule has 0 atom stereocenters. The first-order valence-corrected chi connectivity index (χ1v) is 10.1. The molecule has 4 N–H and O–H groups in total. The number of hydrogen-bond donors (Lipinski definition) is 3. The maximum absolute atomic E-state index is 12.8. The van der Waals surface area contributed by atoms with E-state index in [0.29, 0.717) is 30.2 Å². The average molecular weight is 421 g/mol. The van der Waals surface area contributed by atoms with Gasteiger partial charge in [-0.05, 0) is 50.1 Å². The lowest BCUT2D eigenvalue weighted by atomic mass is 10.2. The van der Waals surface area contributed by atoms with Crippen LogP contribution in [0.25, 0.3) is 0 Å². The molecule has 2 aromatic carbocycles. The van der Waals surface area contributed by atoms with Crippen LogP contribution in [0.3, 0.4) is 0 Å². The summed E-state index contributed by atoms with van der Waals surface area (Å²) in [6.07, 6.45) is 1.29. The van der Waals surface area contributed by atoms with Crippen molar-refractivity contribution in [2.24, 2.45) is 0 Å². The average Bonchev–Trinajstić information content (AvgIpc) is 3.07. The fourth-order valence-corrected chi connectivity index (χ4v) is 3.02. The van der Waals surface area contributed by atoms with Crippen LogP contribution in [0.4, 0.5) is 16.2 Å². The zero-order chi connectivity index (χ0) is 22.4. The zero-order valence-electron chi connectivity index (χ0n) is 18.0. The van der Waals surface area contributed by atoms with Crippen molar-refractivity contribution >= 4 is 23.4 Å². The summed E-state index contributed by atoms with van der Waals surface area (Å²) in [5, 5.41) is 5.60. The van der Waals surface area contributed by atoms with Crippen LogP contribution in [-0.4, -0.2) is 22.2 Å². The summed E-state index contributed by atoms with van der Waals surface area (Å²) in [7, 11) is 0. The van der Waals surface area contributed by atoms with Crippen LogP contribution in [0.5, 0.6) is 0 Å². The molecule has 0 bridgehead atoms. The van der Waals surface area contributed by atoms with Gasteiger partial charge in [-0.1, -0.05) is 42.5 Å². The van der Waals surface area contributed by atoms with Gasteiger partial charge in [-0.3, -0.25) is 4.79 Å². The van der Waals surface area contributed by atoms with E-state index in [9.17, 15) is 9.59 Å². The Kier molecular flexibility index (Phi) is 6.65. The van der Waals surface area contributed by atoms with Crippen molar-refractivity contribution in [2.45, 2.75) is 39.5 Å². The van der Waals surface area contributed by atoms with Gasteiger partial charge in [-0.2, -0.15) is 0 Å². The van der Waals surface area contributed by atoms with Gasteiger partial charge in [-0.15, -0.1) is 0 Å². The fraction of sp³-hybridized carbons (Fsp3) is 0.250. The molecule has 0 aliphatic rings. The highest BCUT2D eigenvalue weighted by molar-refractivity contribution is 6.03. The number of amides is 2. The molecule has 0 radical (unpaired) electrons. The molecule has 0 fully saturated rings. The van der Waals surface area contributed by atoms with Crippen LogP contribution in [0.2, 0.25) is 0 Å². The molecule has 3 rings (SSSR count). The Balaban J connectivity index is 1.60. The van der Waals surface area contributed by atoms with Crippen molar-refractivity contribution in [2.75, 3.05) is 11.1 Å². The van der Waals surface area contributed by atoms with Crippen molar-refractivity contribution < 1.29 is 14.3 Å². The van der Waals surface area contributed by atoms with Crippen LogP contribution in [0, 0.1) is 0 Å². The molecule has 7 nitrogen and oxygen atoms in total. The Morgan fingerprint density at radius 1 is 1.00 bits per heavy atom. The number of anilines is 2. The lowest BCUT2D eigenvalue weighted by Crippen LogP contribution is -2.32. The van der Waals surface area contributed by atoms with E-state index in [1.54, 1.807) is 24.4 Å². The van der Waals surface area contributed by atoms with Crippen molar-refractivity contribution in [1.29, 1.82) is 0 Å². The van der Waals surface area contributed by atoms with Crippen LogP contribution < -0.4 is 16.4 Å². The maximum atomic E-state index is 12.8.